The van der Waals surface area contributed by atoms with Crippen LogP contribution in [0.1, 0.15) is 18.1 Å². The summed E-state index contributed by atoms with van der Waals surface area (Å²) in [4.78, 5) is 0. The maximum absolute atomic E-state index is 14.6. The Balaban J connectivity index is 1.87. The van der Waals surface area contributed by atoms with E-state index in [1.54, 1.807) is 6.07 Å². The van der Waals surface area contributed by atoms with Crippen LogP contribution in [0, 0.1) is 12.7 Å². The van der Waals surface area contributed by atoms with Gasteiger partial charge < -0.3 is 0 Å². The summed E-state index contributed by atoms with van der Waals surface area (Å²) in [6.07, 6.45) is 5.11. The van der Waals surface area contributed by atoms with Crippen LogP contribution in [0.15, 0.2) is 78.9 Å². The Hall–Kier alpha value is -2.67. The van der Waals surface area contributed by atoms with Crippen LogP contribution in [-0.2, 0) is 6.42 Å². The van der Waals surface area contributed by atoms with Crippen LogP contribution < -0.4 is 0 Å². The summed E-state index contributed by atoms with van der Waals surface area (Å²) in [5, 5.41) is 0. The van der Waals surface area contributed by atoms with Crippen molar-refractivity contribution < 1.29 is 4.39 Å². The van der Waals surface area contributed by atoms with E-state index in [0.717, 1.165) is 23.1 Å². The first-order valence-electron chi connectivity index (χ1n) is 8.24. The fourth-order valence-electron chi connectivity index (χ4n) is 2.75. The highest BCUT2D eigenvalue weighted by Gasteiger charge is 2.07. The second-order valence-corrected chi connectivity index (χ2v) is 6.03. The van der Waals surface area contributed by atoms with Gasteiger partial charge in [-0.25, -0.2) is 4.39 Å². The number of hydrogen-bond acceptors (Lipinski definition) is 0. The summed E-state index contributed by atoms with van der Waals surface area (Å²) in [5.74, 6) is -0.186. The minimum atomic E-state index is -0.186. The van der Waals surface area contributed by atoms with Crippen molar-refractivity contribution in [3.05, 3.63) is 95.8 Å². The lowest BCUT2D eigenvalue weighted by molar-refractivity contribution is 0.632. The second-order valence-electron chi connectivity index (χ2n) is 6.03. The minimum Gasteiger partial charge on any atom is -0.206 e. The number of hydrogen-bond donors (Lipinski definition) is 0. The van der Waals surface area contributed by atoms with Gasteiger partial charge in [0.25, 0.3) is 0 Å². The molecule has 120 valence electrons. The summed E-state index contributed by atoms with van der Waals surface area (Å²) < 4.78 is 14.6. The zero-order valence-corrected chi connectivity index (χ0v) is 14.1. The lowest BCUT2D eigenvalue weighted by Crippen LogP contribution is -1.88. The Morgan fingerprint density at radius 1 is 0.792 bits per heavy atom. The molecule has 0 aromatic heterocycles. The van der Waals surface area contributed by atoms with Gasteiger partial charge in [-0.1, -0.05) is 78.4 Å². The Labute approximate surface area is 143 Å². The molecule has 1 heteroatoms. The quantitative estimate of drug-likeness (QED) is 0.476. The molecular formula is C23H21F. The van der Waals surface area contributed by atoms with E-state index in [9.17, 15) is 4.39 Å². The largest absolute Gasteiger partial charge is 0.206 e. The molecule has 0 spiro atoms. The van der Waals surface area contributed by atoms with Crippen LogP contribution in [0.3, 0.4) is 0 Å². The zero-order chi connectivity index (χ0) is 16.9. The predicted molar refractivity (Wildman–Crippen MR) is 101 cm³/mol. The normalized spacial score (nSPS) is 11.1. The molecule has 0 saturated heterocycles. The van der Waals surface area contributed by atoms with Gasteiger partial charge in [-0.15, -0.1) is 0 Å². The number of halogens is 1. The first kappa shape index (κ1) is 16.2. The topological polar surface area (TPSA) is 0 Å². The SMILES string of the molecule is CC=CCc1ccc(-c2ccc(-c3ccc(C)cc3)c(F)c2)cc1. The highest BCUT2D eigenvalue weighted by Crippen LogP contribution is 2.28. The molecule has 0 heterocycles. The van der Waals surface area contributed by atoms with Crippen LogP contribution in [0.4, 0.5) is 4.39 Å². The van der Waals surface area contributed by atoms with Crippen LogP contribution in [0.2, 0.25) is 0 Å². The summed E-state index contributed by atoms with van der Waals surface area (Å²) in [7, 11) is 0. The fraction of sp³-hybridized carbons (Fsp3) is 0.130. The number of rotatable bonds is 4. The first-order chi connectivity index (χ1) is 11.7. The number of benzene rings is 3. The Morgan fingerprint density at radius 3 is 2.04 bits per heavy atom. The summed E-state index contributed by atoms with van der Waals surface area (Å²) >= 11 is 0. The third-order valence-electron chi connectivity index (χ3n) is 4.21. The predicted octanol–water partition coefficient (Wildman–Crippen LogP) is 6.59. The van der Waals surface area contributed by atoms with Gasteiger partial charge in [-0.3, -0.25) is 0 Å². The van der Waals surface area contributed by atoms with E-state index >= 15 is 0 Å². The molecule has 0 atom stereocenters. The Kier molecular flexibility index (Phi) is 4.90. The van der Waals surface area contributed by atoms with Gasteiger partial charge in [0, 0.05) is 5.56 Å². The zero-order valence-electron chi connectivity index (χ0n) is 14.1. The highest BCUT2D eigenvalue weighted by molar-refractivity contribution is 5.71. The lowest BCUT2D eigenvalue weighted by atomic mass is 9.98. The first-order valence-corrected chi connectivity index (χ1v) is 8.24. The summed E-state index contributed by atoms with van der Waals surface area (Å²) in [5.41, 5.74) is 5.92. The molecule has 3 aromatic rings. The molecule has 0 amide bonds. The van der Waals surface area contributed by atoms with Gasteiger partial charge in [0.1, 0.15) is 5.82 Å². The van der Waals surface area contributed by atoms with Crippen LogP contribution >= 0.6 is 0 Å². The fourth-order valence-corrected chi connectivity index (χ4v) is 2.75. The summed E-state index contributed by atoms with van der Waals surface area (Å²) in [6.45, 7) is 4.05. The molecule has 0 aliphatic carbocycles. The monoisotopic (exact) mass is 316 g/mol. The molecule has 0 bridgehead atoms. The molecule has 0 fully saturated rings. The maximum Gasteiger partial charge on any atom is 0.131 e. The standard InChI is InChI=1S/C23H21F/c1-3-4-5-18-8-12-19(13-9-18)21-14-15-22(23(24)16-21)20-10-6-17(2)7-11-20/h3-4,6-16H,5H2,1-2H3. The van der Waals surface area contributed by atoms with Crippen molar-refractivity contribution >= 4 is 0 Å². The second kappa shape index (κ2) is 7.27. The molecule has 3 aromatic carbocycles. The van der Waals surface area contributed by atoms with E-state index in [4.69, 9.17) is 0 Å². The summed E-state index contributed by atoms with van der Waals surface area (Å²) in [6, 6.07) is 21.7. The van der Waals surface area contributed by atoms with E-state index < -0.39 is 0 Å². The average Bonchev–Trinajstić information content (AvgIpc) is 2.61. The van der Waals surface area contributed by atoms with Gasteiger partial charge >= 0.3 is 0 Å². The number of allylic oxidation sites excluding steroid dienone is 2. The molecular weight excluding hydrogens is 295 g/mol. The maximum atomic E-state index is 14.6. The van der Waals surface area contributed by atoms with Gasteiger partial charge in [0.15, 0.2) is 0 Å². The molecule has 0 radical (unpaired) electrons. The van der Waals surface area contributed by atoms with E-state index in [2.05, 4.69) is 30.3 Å². The van der Waals surface area contributed by atoms with Gasteiger partial charge in [0.05, 0.1) is 0 Å². The van der Waals surface area contributed by atoms with Crippen LogP contribution in [0.5, 0.6) is 0 Å². The molecule has 0 aliphatic heterocycles. The van der Waals surface area contributed by atoms with Crippen molar-refractivity contribution in [1.82, 2.24) is 0 Å². The minimum absolute atomic E-state index is 0.186. The van der Waals surface area contributed by atoms with Crippen molar-refractivity contribution in [2.24, 2.45) is 0 Å². The Morgan fingerprint density at radius 2 is 1.42 bits per heavy atom. The van der Waals surface area contributed by atoms with Gasteiger partial charge in [-0.2, -0.15) is 0 Å². The highest BCUT2D eigenvalue weighted by atomic mass is 19.1. The lowest BCUT2D eigenvalue weighted by Gasteiger charge is -2.08. The average molecular weight is 316 g/mol. The van der Waals surface area contributed by atoms with E-state index in [1.807, 2.05) is 56.3 Å². The third kappa shape index (κ3) is 3.62. The van der Waals surface area contributed by atoms with Crippen LogP contribution in [0.25, 0.3) is 22.3 Å². The van der Waals surface area contributed by atoms with E-state index in [0.29, 0.717) is 5.56 Å². The molecule has 24 heavy (non-hydrogen) atoms. The number of aryl methyl sites for hydroxylation is 1. The van der Waals surface area contributed by atoms with Gasteiger partial charge in [-0.05, 0) is 48.6 Å². The van der Waals surface area contributed by atoms with E-state index in [-0.39, 0.29) is 5.82 Å². The van der Waals surface area contributed by atoms with Crippen molar-refractivity contribution in [3.63, 3.8) is 0 Å². The molecule has 0 nitrogen and oxygen atoms in total. The van der Waals surface area contributed by atoms with Gasteiger partial charge in [0.2, 0.25) is 0 Å². The van der Waals surface area contributed by atoms with Crippen molar-refractivity contribution in [2.75, 3.05) is 0 Å². The van der Waals surface area contributed by atoms with Crippen LogP contribution in [-0.4, -0.2) is 0 Å². The smallest absolute Gasteiger partial charge is 0.131 e. The third-order valence-corrected chi connectivity index (χ3v) is 4.21. The molecule has 0 saturated carbocycles. The molecule has 0 N–H and O–H groups in total. The molecule has 0 unspecified atom stereocenters. The Bertz CT molecular complexity index is 840. The van der Waals surface area contributed by atoms with Crippen molar-refractivity contribution in [3.8, 4) is 22.3 Å². The van der Waals surface area contributed by atoms with E-state index in [1.165, 1.54) is 11.1 Å². The van der Waals surface area contributed by atoms with Crippen molar-refractivity contribution in [1.29, 1.82) is 0 Å². The molecule has 3 rings (SSSR count). The molecule has 0 aliphatic rings. The van der Waals surface area contributed by atoms with Crippen molar-refractivity contribution in [2.45, 2.75) is 20.3 Å².